The monoisotopic (exact) mass is 259 g/mol. The van der Waals surface area contributed by atoms with Gasteiger partial charge in [-0.25, -0.2) is 4.63 Å². The van der Waals surface area contributed by atoms with Crippen LogP contribution in [0, 0.1) is 6.92 Å². The second-order valence-corrected chi connectivity index (χ2v) is 4.24. The largest absolute Gasteiger partial charge is 0.358 e. The lowest BCUT2D eigenvalue weighted by atomic mass is 10.1. The van der Waals surface area contributed by atoms with Gasteiger partial charge in [0, 0.05) is 11.1 Å². The van der Waals surface area contributed by atoms with Crippen LogP contribution in [0.4, 0.5) is 5.82 Å². The maximum absolute atomic E-state index is 12.2. The van der Waals surface area contributed by atoms with E-state index < -0.39 is 17.3 Å². The molecule has 96 valence electrons. The molecule has 0 fully saturated rings. The van der Waals surface area contributed by atoms with Crippen LogP contribution in [0.5, 0.6) is 0 Å². The number of carbonyl (C=O) groups is 2. The number of hydrogen-bond acceptors (Lipinski definition) is 7. The number of aliphatic hydroxyl groups is 1. The van der Waals surface area contributed by atoms with Crippen LogP contribution in [0.25, 0.3) is 0 Å². The molecule has 0 aliphatic heterocycles. The Morgan fingerprint density at radius 2 is 1.74 bits per heavy atom. The van der Waals surface area contributed by atoms with Crippen LogP contribution < -0.4 is 5.32 Å². The Bertz CT molecular complexity index is 657. The van der Waals surface area contributed by atoms with E-state index in [9.17, 15) is 14.7 Å². The lowest BCUT2D eigenvalue weighted by molar-refractivity contribution is 0.0424. The summed E-state index contributed by atoms with van der Waals surface area (Å²) in [5.41, 5.74) is -1.66. The molecule has 3 rings (SSSR count). The Morgan fingerprint density at radius 3 is 2.21 bits per heavy atom. The topological polar surface area (TPSA) is 105 Å². The van der Waals surface area contributed by atoms with Crippen LogP contribution >= 0.6 is 0 Å². The van der Waals surface area contributed by atoms with Crippen molar-refractivity contribution in [3.05, 3.63) is 41.1 Å². The number of aryl methyl sites for hydroxylation is 1. The average Bonchev–Trinajstić information content (AvgIpc) is 2.89. The van der Waals surface area contributed by atoms with Gasteiger partial charge in [-0.1, -0.05) is 29.4 Å². The predicted molar refractivity (Wildman–Crippen MR) is 62.7 cm³/mol. The van der Waals surface area contributed by atoms with Gasteiger partial charge in [0.25, 0.3) is 5.72 Å². The molecule has 0 atom stereocenters. The molecule has 2 N–H and O–H groups in total. The van der Waals surface area contributed by atoms with Crippen LogP contribution in [-0.4, -0.2) is 32.7 Å². The molecule has 1 aliphatic rings. The van der Waals surface area contributed by atoms with E-state index in [0.717, 1.165) is 0 Å². The molecule has 7 nitrogen and oxygen atoms in total. The molecular formula is C12H9N3O4. The number of fused-ring (bicyclic) bond motifs is 1. The molecule has 1 aromatic carbocycles. The summed E-state index contributed by atoms with van der Waals surface area (Å²) in [5, 5.41) is 19.7. The maximum atomic E-state index is 12.2. The van der Waals surface area contributed by atoms with Crippen LogP contribution in [0.1, 0.15) is 26.4 Å². The molecule has 1 heterocycles. The minimum Gasteiger partial charge on any atom is -0.358 e. The molecule has 0 spiro atoms. The fraction of sp³-hybridized carbons (Fsp3) is 0.167. The molecule has 0 amide bonds. The summed E-state index contributed by atoms with van der Waals surface area (Å²) in [6.45, 7) is 1.57. The number of rotatable bonds is 2. The van der Waals surface area contributed by atoms with Crippen molar-refractivity contribution in [1.29, 1.82) is 0 Å². The van der Waals surface area contributed by atoms with E-state index in [1.54, 1.807) is 19.1 Å². The first kappa shape index (κ1) is 11.5. The molecule has 7 heteroatoms. The van der Waals surface area contributed by atoms with Gasteiger partial charge in [0.1, 0.15) is 5.69 Å². The number of aromatic nitrogens is 2. The summed E-state index contributed by atoms with van der Waals surface area (Å²) in [6.07, 6.45) is 0. The minimum absolute atomic E-state index is 0.0528. The molecule has 1 aromatic heterocycles. The van der Waals surface area contributed by atoms with E-state index in [1.807, 2.05) is 0 Å². The number of nitrogens with zero attached hydrogens (tertiary/aromatic N) is 2. The van der Waals surface area contributed by atoms with Gasteiger partial charge < -0.3 is 10.4 Å². The highest BCUT2D eigenvalue weighted by Crippen LogP contribution is 2.31. The minimum atomic E-state index is -2.35. The van der Waals surface area contributed by atoms with Crippen molar-refractivity contribution in [3.63, 3.8) is 0 Å². The summed E-state index contributed by atoms with van der Waals surface area (Å²) in [7, 11) is 0. The number of carbonyl (C=O) groups excluding carboxylic acids is 2. The van der Waals surface area contributed by atoms with Crippen molar-refractivity contribution >= 4 is 17.4 Å². The molecular weight excluding hydrogens is 250 g/mol. The van der Waals surface area contributed by atoms with Crippen molar-refractivity contribution in [2.24, 2.45) is 0 Å². The third-order valence-electron chi connectivity index (χ3n) is 3.03. The number of anilines is 1. The number of hydrogen-bond donors (Lipinski definition) is 2. The van der Waals surface area contributed by atoms with E-state index in [4.69, 9.17) is 0 Å². The SMILES string of the molecule is Cc1nonc1NC1(O)C(=O)c2ccccc2C1=O. The molecule has 0 bridgehead atoms. The Hall–Kier alpha value is -2.54. The Labute approximate surface area is 107 Å². The number of benzene rings is 1. The molecule has 1 aliphatic carbocycles. The van der Waals surface area contributed by atoms with Crippen molar-refractivity contribution in [1.82, 2.24) is 10.3 Å². The first-order valence-corrected chi connectivity index (χ1v) is 5.52. The van der Waals surface area contributed by atoms with Crippen molar-refractivity contribution in [2.75, 3.05) is 5.32 Å². The van der Waals surface area contributed by atoms with Crippen LogP contribution in [0.15, 0.2) is 28.9 Å². The molecule has 0 saturated heterocycles. The van der Waals surface area contributed by atoms with Gasteiger partial charge in [-0.05, 0) is 12.1 Å². The maximum Gasteiger partial charge on any atom is 0.267 e. The summed E-state index contributed by atoms with van der Waals surface area (Å²) >= 11 is 0. The third kappa shape index (κ3) is 1.48. The van der Waals surface area contributed by atoms with E-state index in [-0.39, 0.29) is 16.9 Å². The van der Waals surface area contributed by atoms with Gasteiger partial charge in [-0.3, -0.25) is 9.59 Å². The van der Waals surface area contributed by atoms with Gasteiger partial charge in [-0.2, -0.15) is 0 Å². The van der Waals surface area contributed by atoms with Crippen LogP contribution in [-0.2, 0) is 0 Å². The first-order valence-electron chi connectivity index (χ1n) is 5.52. The van der Waals surface area contributed by atoms with Crippen molar-refractivity contribution < 1.29 is 19.3 Å². The zero-order valence-electron chi connectivity index (χ0n) is 9.88. The van der Waals surface area contributed by atoms with Gasteiger partial charge >= 0.3 is 0 Å². The second-order valence-electron chi connectivity index (χ2n) is 4.24. The van der Waals surface area contributed by atoms with Gasteiger partial charge in [0.15, 0.2) is 5.82 Å². The lowest BCUT2D eigenvalue weighted by Crippen LogP contribution is -2.49. The third-order valence-corrected chi connectivity index (χ3v) is 3.03. The van der Waals surface area contributed by atoms with Crippen molar-refractivity contribution in [2.45, 2.75) is 12.6 Å². The van der Waals surface area contributed by atoms with Gasteiger partial charge in [0.2, 0.25) is 11.6 Å². The fourth-order valence-electron chi connectivity index (χ4n) is 2.00. The zero-order chi connectivity index (χ0) is 13.6. The second kappa shape index (κ2) is 3.72. The lowest BCUT2D eigenvalue weighted by Gasteiger charge is -2.19. The molecule has 0 unspecified atom stereocenters. The van der Waals surface area contributed by atoms with E-state index in [0.29, 0.717) is 5.69 Å². The summed E-state index contributed by atoms with van der Waals surface area (Å²) in [4.78, 5) is 24.3. The highest BCUT2D eigenvalue weighted by molar-refractivity contribution is 6.32. The Balaban J connectivity index is 2.05. The number of ketones is 2. The molecule has 0 radical (unpaired) electrons. The van der Waals surface area contributed by atoms with Crippen LogP contribution in [0.3, 0.4) is 0 Å². The van der Waals surface area contributed by atoms with Crippen LogP contribution in [0.2, 0.25) is 0 Å². The van der Waals surface area contributed by atoms with E-state index in [2.05, 4.69) is 20.3 Å². The summed E-state index contributed by atoms with van der Waals surface area (Å²) < 4.78 is 4.45. The van der Waals surface area contributed by atoms with Gasteiger partial charge in [-0.15, -0.1) is 0 Å². The first-order chi connectivity index (χ1) is 9.04. The average molecular weight is 259 g/mol. The fourth-order valence-corrected chi connectivity index (χ4v) is 2.00. The summed E-state index contributed by atoms with van der Waals surface area (Å²) in [6, 6.07) is 6.23. The quantitative estimate of drug-likeness (QED) is 0.599. The van der Waals surface area contributed by atoms with E-state index in [1.165, 1.54) is 12.1 Å². The highest BCUT2D eigenvalue weighted by Gasteiger charge is 2.52. The Kier molecular flexibility index (Phi) is 2.26. The molecule has 2 aromatic rings. The Morgan fingerprint density at radius 1 is 1.16 bits per heavy atom. The predicted octanol–water partition coefficient (Wildman–Crippen LogP) is 0.558. The zero-order valence-corrected chi connectivity index (χ0v) is 9.88. The van der Waals surface area contributed by atoms with Crippen molar-refractivity contribution in [3.8, 4) is 0 Å². The number of Topliss-reactive ketones (excluding diaryl/α,β-unsaturated/α-hetero) is 2. The number of nitrogens with one attached hydrogen (secondary N) is 1. The normalized spacial score (nSPS) is 16.5. The molecule has 0 saturated carbocycles. The summed E-state index contributed by atoms with van der Waals surface area (Å²) in [5.74, 6) is -1.37. The van der Waals surface area contributed by atoms with E-state index >= 15 is 0 Å². The smallest absolute Gasteiger partial charge is 0.267 e. The highest BCUT2D eigenvalue weighted by atomic mass is 16.6. The van der Waals surface area contributed by atoms with Gasteiger partial charge in [0.05, 0.1) is 0 Å². The molecule has 19 heavy (non-hydrogen) atoms. The standard InChI is InChI=1S/C12H9N3O4/c1-6-11(15-19-14-6)13-12(18)9(16)7-4-2-3-5-8(7)10(12)17/h2-5,18H,1H3,(H,13,15).